The lowest BCUT2D eigenvalue weighted by atomic mass is 9.94. The van der Waals surface area contributed by atoms with Crippen LogP contribution in [0.25, 0.3) is 11.1 Å². The SMILES string of the molecule is C=C(/C(=C/C)c1nc(Cl)ccc1C)c1ccccc1. The van der Waals surface area contributed by atoms with Crippen molar-refractivity contribution in [2.24, 2.45) is 0 Å². The number of rotatable bonds is 3. The molecule has 0 atom stereocenters. The summed E-state index contributed by atoms with van der Waals surface area (Å²) in [5.74, 6) is 0. The number of hydrogen-bond acceptors (Lipinski definition) is 1. The number of benzene rings is 1. The number of halogens is 1. The predicted molar refractivity (Wildman–Crippen MR) is 83.1 cm³/mol. The lowest BCUT2D eigenvalue weighted by Gasteiger charge is -2.13. The molecule has 0 unspecified atom stereocenters. The minimum atomic E-state index is 0.501. The highest BCUT2D eigenvalue weighted by Crippen LogP contribution is 2.30. The van der Waals surface area contributed by atoms with E-state index in [9.17, 15) is 0 Å². The fourth-order valence-electron chi connectivity index (χ4n) is 2.03. The molecule has 0 saturated carbocycles. The van der Waals surface area contributed by atoms with Gasteiger partial charge in [-0.15, -0.1) is 0 Å². The Kier molecular flexibility index (Phi) is 4.18. The quantitative estimate of drug-likeness (QED) is 0.554. The van der Waals surface area contributed by atoms with Gasteiger partial charge in [0.2, 0.25) is 0 Å². The molecule has 0 amide bonds. The van der Waals surface area contributed by atoms with Gasteiger partial charge < -0.3 is 0 Å². The van der Waals surface area contributed by atoms with Crippen molar-refractivity contribution in [1.82, 2.24) is 4.98 Å². The summed E-state index contributed by atoms with van der Waals surface area (Å²) in [4.78, 5) is 4.43. The monoisotopic (exact) mass is 269 g/mol. The largest absolute Gasteiger partial charge is 0.236 e. The highest BCUT2D eigenvalue weighted by atomic mass is 35.5. The van der Waals surface area contributed by atoms with Gasteiger partial charge in [0.25, 0.3) is 0 Å². The standard InChI is InChI=1S/C17H16ClN/c1-4-15(13(3)14-8-6-5-7-9-14)17-12(2)10-11-16(18)19-17/h4-11H,3H2,1-2H3/b15-4-. The molecule has 0 radical (unpaired) electrons. The average molecular weight is 270 g/mol. The molecule has 96 valence electrons. The van der Waals surface area contributed by atoms with E-state index in [0.717, 1.165) is 28.0 Å². The van der Waals surface area contributed by atoms with Gasteiger partial charge in [0.15, 0.2) is 0 Å². The van der Waals surface area contributed by atoms with Crippen LogP contribution >= 0.6 is 11.6 Å². The van der Waals surface area contributed by atoms with E-state index < -0.39 is 0 Å². The van der Waals surface area contributed by atoms with Gasteiger partial charge >= 0.3 is 0 Å². The summed E-state index contributed by atoms with van der Waals surface area (Å²) in [5.41, 5.74) is 5.06. The molecule has 2 aromatic rings. The summed E-state index contributed by atoms with van der Waals surface area (Å²) in [6.07, 6.45) is 2.03. The van der Waals surface area contributed by atoms with Gasteiger partial charge in [-0.1, -0.05) is 60.7 Å². The van der Waals surface area contributed by atoms with Crippen LogP contribution in [-0.2, 0) is 0 Å². The summed E-state index contributed by atoms with van der Waals surface area (Å²) < 4.78 is 0. The van der Waals surface area contributed by atoms with E-state index in [2.05, 4.69) is 11.6 Å². The Hall–Kier alpha value is -1.86. The molecule has 0 aliphatic carbocycles. The summed E-state index contributed by atoms with van der Waals surface area (Å²) >= 11 is 6.00. The first-order valence-corrected chi connectivity index (χ1v) is 6.56. The van der Waals surface area contributed by atoms with E-state index in [1.54, 1.807) is 6.07 Å². The molecular weight excluding hydrogens is 254 g/mol. The van der Waals surface area contributed by atoms with Crippen LogP contribution in [0, 0.1) is 6.92 Å². The van der Waals surface area contributed by atoms with Crippen molar-refractivity contribution in [1.29, 1.82) is 0 Å². The molecule has 0 aliphatic rings. The molecule has 0 saturated heterocycles. The first kappa shape index (κ1) is 13.6. The zero-order valence-corrected chi connectivity index (χ0v) is 11.9. The molecule has 0 bridgehead atoms. The summed E-state index contributed by atoms with van der Waals surface area (Å²) in [5, 5.41) is 0.501. The predicted octanol–water partition coefficient (Wildman–Crippen LogP) is 5.16. The molecule has 0 aliphatic heterocycles. The van der Waals surface area contributed by atoms with Crippen LogP contribution in [0.5, 0.6) is 0 Å². The van der Waals surface area contributed by atoms with Crippen molar-refractivity contribution >= 4 is 22.7 Å². The van der Waals surface area contributed by atoms with Crippen molar-refractivity contribution < 1.29 is 0 Å². The van der Waals surface area contributed by atoms with Crippen LogP contribution in [0.2, 0.25) is 5.15 Å². The Balaban J connectivity index is 2.47. The van der Waals surface area contributed by atoms with Crippen LogP contribution in [0.4, 0.5) is 0 Å². The Labute approximate surface area is 119 Å². The maximum absolute atomic E-state index is 6.00. The second-order valence-electron chi connectivity index (χ2n) is 4.35. The fourth-order valence-corrected chi connectivity index (χ4v) is 2.17. The second kappa shape index (κ2) is 5.85. The van der Waals surface area contributed by atoms with Crippen LogP contribution in [0.1, 0.15) is 23.7 Å². The minimum Gasteiger partial charge on any atom is -0.236 e. The molecule has 0 N–H and O–H groups in total. The fraction of sp³-hybridized carbons (Fsp3) is 0.118. The van der Waals surface area contributed by atoms with E-state index in [1.807, 2.05) is 56.3 Å². The lowest BCUT2D eigenvalue weighted by Crippen LogP contribution is -1.96. The van der Waals surface area contributed by atoms with Gasteiger partial charge in [-0.2, -0.15) is 0 Å². The third kappa shape index (κ3) is 2.94. The maximum Gasteiger partial charge on any atom is 0.129 e. The molecule has 1 aromatic carbocycles. The van der Waals surface area contributed by atoms with E-state index >= 15 is 0 Å². The van der Waals surface area contributed by atoms with Crippen molar-refractivity contribution in [3.05, 3.63) is 77.1 Å². The molecule has 0 spiro atoms. The Morgan fingerprint density at radius 1 is 1.16 bits per heavy atom. The Morgan fingerprint density at radius 3 is 2.47 bits per heavy atom. The Bertz CT molecular complexity index is 627. The summed E-state index contributed by atoms with van der Waals surface area (Å²) in [6.45, 7) is 8.21. The molecule has 1 aromatic heterocycles. The molecule has 1 nitrogen and oxygen atoms in total. The number of pyridine rings is 1. The highest BCUT2D eigenvalue weighted by molar-refractivity contribution is 6.29. The highest BCUT2D eigenvalue weighted by Gasteiger charge is 2.11. The van der Waals surface area contributed by atoms with Gasteiger partial charge in [0.1, 0.15) is 5.15 Å². The zero-order valence-electron chi connectivity index (χ0n) is 11.2. The van der Waals surface area contributed by atoms with Gasteiger partial charge in [-0.3, -0.25) is 0 Å². The molecule has 2 heteroatoms. The van der Waals surface area contributed by atoms with Gasteiger partial charge in [-0.05, 0) is 36.6 Å². The van der Waals surface area contributed by atoms with Crippen LogP contribution in [0.3, 0.4) is 0 Å². The zero-order chi connectivity index (χ0) is 13.8. The summed E-state index contributed by atoms with van der Waals surface area (Å²) in [6, 6.07) is 13.9. The normalized spacial score (nSPS) is 11.4. The average Bonchev–Trinajstić information content (AvgIpc) is 2.44. The third-order valence-corrected chi connectivity index (χ3v) is 3.26. The first-order valence-electron chi connectivity index (χ1n) is 6.18. The maximum atomic E-state index is 6.00. The smallest absolute Gasteiger partial charge is 0.129 e. The van der Waals surface area contributed by atoms with Crippen molar-refractivity contribution in [2.75, 3.05) is 0 Å². The van der Waals surface area contributed by atoms with Crippen LogP contribution < -0.4 is 0 Å². The molecular formula is C17H16ClN. The second-order valence-corrected chi connectivity index (χ2v) is 4.73. The van der Waals surface area contributed by atoms with Crippen molar-refractivity contribution in [3.8, 4) is 0 Å². The summed E-state index contributed by atoms with van der Waals surface area (Å²) in [7, 11) is 0. The first-order chi connectivity index (χ1) is 9.13. The molecule has 0 fully saturated rings. The number of allylic oxidation sites excluding steroid dienone is 3. The van der Waals surface area contributed by atoms with Crippen molar-refractivity contribution in [2.45, 2.75) is 13.8 Å². The van der Waals surface area contributed by atoms with E-state index in [-0.39, 0.29) is 0 Å². The van der Waals surface area contributed by atoms with Gasteiger partial charge in [0, 0.05) is 5.57 Å². The number of aryl methyl sites for hydroxylation is 1. The van der Waals surface area contributed by atoms with Gasteiger partial charge in [-0.25, -0.2) is 4.98 Å². The lowest BCUT2D eigenvalue weighted by molar-refractivity contribution is 1.22. The third-order valence-electron chi connectivity index (χ3n) is 3.05. The topological polar surface area (TPSA) is 12.9 Å². The minimum absolute atomic E-state index is 0.501. The van der Waals surface area contributed by atoms with Crippen LogP contribution in [-0.4, -0.2) is 4.98 Å². The van der Waals surface area contributed by atoms with E-state index in [4.69, 9.17) is 11.6 Å². The van der Waals surface area contributed by atoms with E-state index in [1.165, 1.54) is 0 Å². The number of hydrogen-bond donors (Lipinski definition) is 0. The van der Waals surface area contributed by atoms with Gasteiger partial charge in [0.05, 0.1) is 5.69 Å². The number of nitrogens with zero attached hydrogens (tertiary/aromatic N) is 1. The van der Waals surface area contributed by atoms with Crippen molar-refractivity contribution in [3.63, 3.8) is 0 Å². The molecule has 1 heterocycles. The van der Waals surface area contributed by atoms with E-state index in [0.29, 0.717) is 5.15 Å². The van der Waals surface area contributed by atoms with Crippen LogP contribution in [0.15, 0.2) is 55.1 Å². The molecule has 2 rings (SSSR count). The number of aromatic nitrogens is 1. The molecule has 19 heavy (non-hydrogen) atoms. The Morgan fingerprint density at radius 2 is 1.84 bits per heavy atom.